The van der Waals surface area contributed by atoms with Crippen molar-refractivity contribution in [3.8, 4) is 0 Å². The average Bonchev–Trinajstić information content (AvgIpc) is 1.99. The number of rotatable bonds is 0. The van der Waals surface area contributed by atoms with Gasteiger partial charge in [-0.15, -0.1) is 0 Å². The molecule has 4 bridgehead atoms. The van der Waals surface area contributed by atoms with Gasteiger partial charge < -0.3 is 4.85 Å². The number of nitrogens with zero attached hydrogens (tertiary/aromatic N) is 1. The van der Waals surface area contributed by atoms with E-state index in [4.69, 9.17) is 6.57 Å². The number of hydrogen-bond acceptors (Lipinski definition) is 0. The van der Waals surface area contributed by atoms with Crippen molar-refractivity contribution in [3.63, 3.8) is 0 Å². The van der Waals surface area contributed by atoms with Crippen LogP contribution < -0.4 is 0 Å². The molecule has 0 saturated heterocycles. The van der Waals surface area contributed by atoms with E-state index < -0.39 is 0 Å². The van der Waals surface area contributed by atoms with Gasteiger partial charge in [-0.3, -0.25) is 0 Å². The fraction of sp³-hybridized carbons (Fsp3) is 0.917. The minimum Gasteiger partial charge on any atom is -0.310 e. The summed E-state index contributed by atoms with van der Waals surface area (Å²) in [6.45, 7) is 9.81. The quantitative estimate of drug-likeness (QED) is 0.498. The second-order valence-electron chi connectivity index (χ2n) is 6.11. The molecule has 4 aliphatic rings. The molecule has 2 atom stereocenters. The van der Waals surface area contributed by atoms with E-state index in [-0.39, 0.29) is 5.54 Å². The summed E-state index contributed by atoms with van der Waals surface area (Å²) in [5.74, 6) is 1.81. The Kier molecular flexibility index (Phi) is 1.27. The van der Waals surface area contributed by atoms with Gasteiger partial charge in [-0.1, -0.05) is 6.92 Å². The molecule has 0 N–H and O–H groups in total. The molecule has 1 heteroatoms. The topological polar surface area (TPSA) is 4.36 Å². The summed E-state index contributed by atoms with van der Waals surface area (Å²) in [5.41, 5.74) is 0.646. The molecule has 0 aliphatic heterocycles. The minimum absolute atomic E-state index is 0.0961. The normalized spacial score (nSPS) is 57.8. The Morgan fingerprint density at radius 3 is 2.23 bits per heavy atom. The Hall–Kier alpha value is -0.510. The summed E-state index contributed by atoms with van der Waals surface area (Å²) in [4.78, 5) is 3.98. The highest BCUT2D eigenvalue weighted by molar-refractivity contribution is 5.15. The van der Waals surface area contributed by atoms with Crippen LogP contribution in [-0.2, 0) is 0 Å². The molecule has 4 saturated carbocycles. The van der Waals surface area contributed by atoms with Crippen molar-refractivity contribution in [1.82, 2.24) is 0 Å². The van der Waals surface area contributed by atoms with Gasteiger partial charge in [-0.2, -0.15) is 0 Å². The maximum Gasteiger partial charge on any atom is 0.233 e. The van der Waals surface area contributed by atoms with Crippen LogP contribution in [-0.4, -0.2) is 5.54 Å². The van der Waals surface area contributed by atoms with Crippen LogP contribution in [0.2, 0.25) is 0 Å². The predicted molar refractivity (Wildman–Crippen MR) is 52.1 cm³/mol. The SMILES string of the molecule is [C-]#[N+]C12CC3CC(CC(C)(C3)C1)C2. The molecule has 13 heavy (non-hydrogen) atoms. The van der Waals surface area contributed by atoms with Gasteiger partial charge in [0.15, 0.2) is 0 Å². The van der Waals surface area contributed by atoms with Crippen molar-refractivity contribution < 1.29 is 0 Å². The molecule has 70 valence electrons. The summed E-state index contributed by atoms with van der Waals surface area (Å²) >= 11 is 0. The first kappa shape index (κ1) is 7.85. The third-order valence-electron chi connectivity index (χ3n) is 4.56. The Balaban J connectivity index is 2.01. The zero-order chi connectivity index (χ0) is 9.10. The van der Waals surface area contributed by atoms with Crippen molar-refractivity contribution in [1.29, 1.82) is 0 Å². The van der Waals surface area contributed by atoms with E-state index in [1.165, 1.54) is 38.5 Å². The molecule has 0 heterocycles. The fourth-order valence-corrected chi connectivity index (χ4v) is 4.80. The molecule has 4 aliphatic carbocycles. The van der Waals surface area contributed by atoms with Crippen LogP contribution in [0, 0.1) is 23.8 Å². The summed E-state index contributed by atoms with van der Waals surface area (Å²) < 4.78 is 0. The Morgan fingerprint density at radius 2 is 1.77 bits per heavy atom. The van der Waals surface area contributed by atoms with Crippen molar-refractivity contribution in [2.24, 2.45) is 17.3 Å². The van der Waals surface area contributed by atoms with E-state index in [0.717, 1.165) is 11.8 Å². The van der Waals surface area contributed by atoms with Crippen LogP contribution in [0.25, 0.3) is 4.85 Å². The highest BCUT2D eigenvalue weighted by atomic mass is 14.9. The molecule has 4 fully saturated rings. The molecule has 4 rings (SSSR count). The third kappa shape index (κ3) is 0.980. The monoisotopic (exact) mass is 175 g/mol. The average molecular weight is 175 g/mol. The summed E-state index contributed by atoms with van der Waals surface area (Å²) in [5, 5.41) is 0. The van der Waals surface area contributed by atoms with Crippen LogP contribution in [0.3, 0.4) is 0 Å². The lowest BCUT2D eigenvalue weighted by Gasteiger charge is -2.55. The first-order valence-electron chi connectivity index (χ1n) is 5.52. The first-order chi connectivity index (χ1) is 6.13. The molecular formula is C12H17N. The van der Waals surface area contributed by atoms with Crippen molar-refractivity contribution in [2.75, 3.05) is 0 Å². The third-order valence-corrected chi connectivity index (χ3v) is 4.56. The first-order valence-corrected chi connectivity index (χ1v) is 5.52. The Morgan fingerprint density at radius 1 is 1.15 bits per heavy atom. The van der Waals surface area contributed by atoms with Crippen LogP contribution in [0.5, 0.6) is 0 Å². The largest absolute Gasteiger partial charge is 0.310 e. The lowest BCUT2D eigenvalue weighted by molar-refractivity contribution is -0.0415. The van der Waals surface area contributed by atoms with Crippen molar-refractivity contribution >= 4 is 0 Å². The second kappa shape index (κ2) is 2.11. The Labute approximate surface area is 80.3 Å². The van der Waals surface area contributed by atoms with Crippen LogP contribution in [0.1, 0.15) is 45.4 Å². The minimum atomic E-state index is 0.0961. The molecular weight excluding hydrogens is 158 g/mol. The van der Waals surface area contributed by atoms with Gasteiger partial charge in [0.1, 0.15) is 0 Å². The molecule has 1 nitrogen and oxygen atoms in total. The molecule has 2 unspecified atom stereocenters. The summed E-state index contributed by atoms with van der Waals surface area (Å²) in [6.07, 6.45) is 7.93. The van der Waals surface area contributed by atoms with Gasteiger partial charge in [0.2, 0.25) is 5.54 Å². The summed E-state index contributed by atoms with van der Waals surface area (Å²) in [7, 11) is 0. The van der Waals surface area contributed by atoms with Crippen LogP contribution in [0.15, 0.2) is 0 Å². The fourth-order valence-electron chi connectivity index (χ4n) is 4.80. The van der Waals surface area contributed by atoms with Gasteiger partial charge >= 0.3 is 0 Å². The molecule has 0 radical (unpaired) electrons. The lowest BCUT2D eigenvalue weighted by Crippen LogP contribution is -2.52. The molecule has 0 spiro atoms. The van der Waals surface area contributed by atoms with E-state index in [1.807, 2.05) is 0 Å². The highest BCUT2D eigenvalue weighted by Gasteiger charge is 2.59. The van der Waals surface area contributed by atoms with E-state index in [0.29, 0.717) is 5.41 Å². The van der Waals surface area contributed by atoms with Crippen LogP contribution >= 0.6 is 0 Å². The van der Waals surface area contributed by atoms with E-state index in [2.05, 4.69) is 11.8 Å². The van der Waals surface area contributed by atoms with Gasteiger partial charge in [0.05, 0.1) is 0 Å². The summed E-state index contributed by atoms with van der Waals surface area (Å²) in [6, 6.07) is 0. The van der Waals surface area contributed by atoms with Crippen molar-refractivity contribution in [2.45, 2.75) is 51.0 Å². The van der Waals surface area contributed by atoms with Gasteiger partial charge in [-0.25, -0.2) is 6.57 Å². The van der Waals surface area contributed by atoms with E-state index in [1.54, 1.807) is 0 Å². The zero-order valence-corrected chi connectivity index (χ0v) is 8.34. The van der Waals surface area contributed by atoms with Gasteiger partial charge in [0.25, 0.3) is 0 Å². The van der Waals surface area contributed by atoms with Crippen LogP contribution in [0.4, 0.5) is 0 Å². The van der Waals surface area contributed by atoms with E-state index >= 15 is 0 Å². The van der Waals surface area contributed by atoms with Gasteiger partial charge in [-0.05, 0) is 36.5 Å². The van der Waals surface area contributed by atoms with Gasteiger partial charge in [0, 0.05) is 19.3 Å². The standard InChI is InChI=1S/C12H17N/c1-11-4-9-3-10(5-11)7-12(6-9,8-11)13-2/h9-10H,3-8H2,1H3. The number of hydrogen-bond donors (Lipinski definition) is 0. The smallest absolute Gasteiger partial charge is 0.233 e. The second-order valence-corrected chi connectivity index (χ2v) is 6.11. The van der Waals surface area contributed by atoms with Crippen molar-refractivity contribution in [3.05, 3.63) is 11.4 Å². The molecule has 0 aromatic heterocycles. The molecule has 0 amide bonds. The van der Waals surface area contributed by atoms with E-state index in [9.17, 15) is 0 Å². The molecule has 0 aromatic rings. The lowest BCUT2D eigenvalue weighted by atomic mass is 9.48. The Bertz CT molecular complexity index is 272. The molecule has 0 aromatic carbocycles. The predicted octanol–water partition coefficient (Wildman–Crippen LogP) is 3.26. The maximum absolute atomic E-state index is 7.39. The highest BCUT2D eigenvalue weighted by Crippen LogP contribution is 2.62. The zero-order valence-electron chi connectivity index (χ0n) is 8.34. The maximum atomic E-state index is 7.39.